The van der Waals surface area contributed by atoms with Gasteiger partial charge in [-0.1, -0.05) is 59.6 Å². The zero-order chi connectivity index (χ0) is 19.0. The number of hydrogen-bond acceptors (Lipinski definition) is 6. The number of nitrogens with zero attached hydrogens (tertiary/aromatic N) is 2. The summed E-state index contributed by atoms with van der Waals surface area (Å²) in [6.45, 7) is 0. The Labute approximate surface area is 169 Å². The molecule has 1 aliphatic heterocycles. The van der Waals surface area contributed by atoms with Crippen LogP contribution < -0.4 is 5.32 Å². The summed E-state index contributed by atoms with van der Waals surface area (Å²) < 4.78 is 1.56. The number of thiocarbonyl (C=S) groups is 1. The van der Waals surface area contributed by atoms with Crippen LogP contribution in [-0.4, -0.2) is 33.1 Å². The highest BCUT2D eigenvalue weighted by Gasteiger charge is 2.28. The molecule has 1 aromatic heterocycles. The number of thiazole rings is 1. The van der Waals surface area contributed by atoms with E-state index in [1.807, 2.05) is 24.3 Å². The normalized spacial score (nSPS) is 15.7. The number of para-hydroxylation sites is 1. The van der Waals surface area contributed by atoms with Crippen LogP contribution in [0.4, 0.5) is 5.13 Å². The van der Waals surface area contributed by atoms with Gasteiger partial charge in [0.25, 0.3) is 11.8 Å². The van der Waals surface area contributed by atoms with Gasteiger partial charge in [0.2, 0.25) is 0 Å². The van der Waals surface area contributed by atoms with E-state index in [0.29, 0.717) is 19.9 Å². The number of hydrogen-bond donors (Lipinski definition) is 1. The minimum atomic E-state index is -0.222. The van der Waals surface area contributed by atoms with Crippen molar-refractivity contribution >= 4 is 72.9 Å². The van der Waals surface area contributed by atoms with E-state index in [-0.39, 0.29) is 11.8 Å². The summed E-state index contributed by atoms with van der Waals surface area (Å²) in [6, 6.07) is 14.8. The molecule has 1 N–H and O–H groups in total. The molecule has 1 aliphatic rings. The van der Waals surface area contributed by atoms with Gasteiger partial charge in [0.05, 0.1) is 15.1 Å². The number of fused-ring (bicyclic) bond motifs is 1. The molecule has 0 spiro atoms. The second-order valence-corrected chi connectivity index (χ2v) is 8.51. The van der Waals surface area contributed by atoms with Crippen molar-refractivity contribution in [2.24, 2.45) is 0 Å². The maximum absolute atomic E-state index is 12.4. The number of likely N-dealkylation sites (N-methyl/N-ethyl adjacent to an activating group) is 1. The lowest BCUT2D eigenvalue weighted by Crippen LogP contribution is -2.22. The topological polar surface area (TPSA) is 62.3 Å². The second-order valence-electron chi connectivity index (χ2n) is 5.80. The third kappa shape index (κ3) is 3.64. The van der Waals surface area contributed by atoms with Gasteiger partial charge in [-0.25, -0.2) is 4.98 Å². The Balaban J connectivity index is 1.49. The van der Waals surface area contributed by atoms with Gasteiger partial charge in [-0.2, -0.15) is 0 Å². The predicted molar refractivity (Wildman–Crippen MR) is 115 cm³/mol. The van der Waals surface area contributed by atoms with E-state index in [4.69, 9.17) is 12.2 Å². The Bertz CT molecular complexity index is 1070. The molecule has 134 valence electrons. The van der Waals surface area contributed by atoms with Crippen molar-refractivity contribution in [1.29, 1.82) is 0 Å². The summed E-state index contributed by atoms with van der Waals surface area (Å²) in [7, 11) is 1.66. The Morgan fingerprint density at radius 3 is 2.59 bits per heavy atom. The Morgan fingerprint density at radius 1 is 1.19 bits per heavy atom. The van der Waals surface area contributed by atoms with Crippen LogP contribution in [0.1, 0.15) is 15.9 Å². The molecule has 0 atom stereocenters. The molecule has 0 aliphatic carbocycles. The van der Waals surface area contributed by atoms with Gasteiger partial charge in [0.15, 0.2) is 5.13 Å². The van der Waals surface area contributed by atoms with E-state index in [1.165, 1.54) is 28.0 Å². The highest BCUT2D eigenvalue weighted by atomic mass is 32.2. The zero-order valence-corrected chi connectivity index (χ0v) is 16.6. The summed E-state index contributed by atoms with van der Waals surface area (Å²) >= 11 is 7.83. The molecular formula is C19H13N3O2S3. The van der Waals surface area contributed by atoms with E-state index in [0.717, 1.165) is 15.8 Å². The Kier molecular flexibility index (Phi) is 4.77. The van der Waals surface area contributed by atoms with Crippen molar-refractivity contribution in [3.63, 3.8) is 0 Å². The van der Waals surface area contributed by atoms with Crippen molar-refractivity contribution in [3.05, 3.63) is 64.6 Å². The summed E-state index contributed by atoms with van der Waals surface area (Å²) in [5, 5.41) is 3.40. The number of aromatic nitrogens is 1. The highest BCUT2D eigenvalue weighted by Crippen LogP contribution is 2.31. The number of amides is 2. The minimum Gasteiger partial charge on any atom is -0.298 e. The number of thioether (sulfide) groups is 1. The van der Waals surface area contributed by atoms with E-state index in [9.17, 15) is 9.59 Å². The standard InChI is InChI=1S/C19H13N3O2S3/c1-22-17(24)15(27-19(22)25)10-11-6-8-12(9-7-11)16(23)21-18-20-13-4-2-3-5-14(13)26-18/h2-10H,1H3,(H,20,21,23)/b15-10-. The number of carbonyl (C=O) groups is 2. The van der Waals surface area contributed by atoms with E-state index >= 15 is 0 Å². The first-order valence-corrected chi connectivity index (χ1v) is 10.0. The SMILES string of the molecule is CN1C(=O)/C(=C/c2ccc(C(=O)Nc3nc4ccccc4s3)cc2)SC1=S. The zero-order valence-electron chi connectivity index (χ0n) is 14.1. The van der Waals surface area contributed by atoms with Gasteiger partial charge in [-0.05, 0) is 35.9 Å². The van der Waals surface area contributed by atoms with Crippen LogP contribution >= 0.6 is 35.3 Å². The lowest BCUT2D eigenvalue weighted by molar-refractivity contribution is -0.121. The van der Waals surface area contributed by atoms with Crippen molar-refractivity contribution < 1.29 is 9.59 Å². The quantitative estimate of drug-likeness (QED) is 0.512. The molecule has 0 bridgehead atoms. The van der Waals surface area contributed by atoms with Gasteiger partial charge in [0.1, 0.15) is 4.32 Å². The fourth-order valence-corrected chi connectivity index (χ4v) is 4.56. The molecule has 27 heavy (non-hydrogen) atoms. The molecule has 8 heteroatoms. The third-order valence-electron chi connectivity index (χ3n) is 3.97. The van der Waals surface area contributed by atoms with Crippen molar-refractivity contribution in [2.75, 3.05) is 12.4 Å². The van der Waals surface area contributed by atoms with Gasteiger partial charge in [-0.3, -0.25) is 19.8 Å². The maximum Gasteiger partial charge on any atom is 0.265 e. The van der Waals surface area contributed by atoms with E-state index < -0.39 is 0 Å². The van der Waals surface area contributed by atoms with Crippen molar-refractivity contribution in [2.45, 2.75) is 0 Å². The fraction of sp³-hybridized carbons (Fsp3) is 0.0526. The molecule has 4 rings (SSSR count). The lowest BCUT2D eigenvalue weighted by Gasteiger charge is -2.04. The molecular weight excluding hydrogens is 398 g/mol. The molecule has 2 amide bonds. The average Bonchev–Trinajstić information content (AvgIpc) is 3.18. The number of nitrogens with one attached hydrogen (secondary N) is 1. The summed E-state index contributed by atoms with van der Waals surface area (Å²) in [6.07, 6.45) is 1.78. The third-order valence-corrected chi connectivity index (χ3v) is 6.41. The van der Waals surface area contributed by atoms with Crippen LogP contribution in [0.25, 0.3) is 16.3 Å². The molecule has 5 nitrogen and oxygen atoms in total. The first-order valence-electron chi connectivity index (χ1n) is 8.00. The fourth-order valence-electron chi connectivity index (χ4n) is 2.52. The largest absolute Gasteiger partial charge is 0.298 e. The second kappa shape index (κ2) is 7.22. The van der Waals surface area contributed by atoms with Crippen LogP contribution in [-0.2, 0) is 4.79 Å². The van der Waals surface area contributed by atoms with E-state index in [1.54, 1.807) is 37.4 Å². The lowest BCUT2D eigenvalue weighted by atomic mass is 10.1. The molecule has 1 saturated heterocycles. The van der Waals surface area contributed by atoms with Crippen LogP contribution in [0.15, 0.2) is 53.4 Å². The monoisotopic (exact) mass is 411 g/mol. The Morgan fingerprint density at radius 2 is 1.93 bits per heavy atom. The molecule has 1 fully saturated rings. The average molecular weight is 412 g/mol. The predicted octanol–water partition coefficient (Wildman–Crippen LogP) is 4.38. The van der Waals surface area contributed by atoms with Crippen LogP contribution in [0.5, 0.6) is 0 Å². The van der Waals surface area contributed by atoms with Gasteiger partial charge < -0.3 is 0 Å². The first-order chi connectivity index (χ1) is 13.0. The molecule has 0 unspecified atom stereocenters. The summed E-state index contributed by atoms with van der Waals surface area (Å²) in [5.41, 5.74) is 2.22. The highest BCUT2D eigenvalue weighted by molar-refractivity contribution is 8.26. The number of benzene rings is 2. The first kappa shape index (κ1) is 17.8. The molecule has 0 radical (unpaired) electrons. The van der Waals surface area contributed by atoms with E-state index in [2.05, 4.69) is 10.3 Å². The number of carbonyl (C=O) groups excluding carboxylic acids is 2. The summed E-state index contributed by atoms with van der Waals surface area (Å²) in [5.74, 6) is -0.330. The number of anilines is 1. The smallest absolute Gasteiger partial charge is 0.265 e. The minimum absolute atomic E-state index is 0.109. The van der Waals surface area contributed by atoms with Crippen LogP contribution in [0.2, 0.25) is 0 Å². The van der Waals surface area contributed by atoms with Crippen molar-refractivity contribution in [1.82, 2.24) is 9.88 Å². The summed E-state index contributed by atoms with van der Waals surface area (Å²) in [4.78, 5) is 30.9. The maximum atomic E-state index is 12.4. The van der Waals surface area contributed by atoms with Crippen LogP contribution in [0.3, 0.4) is 0 Å². The Hall–Kier alpha value is -2.55. The molecule has 0 saturated carbocycles. The van der Waals surface area contributed by atoms with Crippen LogP contribution in [0, 0.1) is 0 Å². The van der Waals surface area contributed by atoms with Gasteiger partial charge in [-0.15, -0.1) is 0 Å². The van der Waals surface area contributed by atoms with Gasteiger partial charge in [0, 0.05) is 12.6 Å². The molecule has 2 heterocycles. The molecule has 3 aromatic rings. The van der Waals surface area contributed by atoms with Gasteiger partial charge >= 0.3 is 0 Å². The number of rotatable bonds is 3. The van der Waals surface area contributed by atoms with Crippen molar-refractivity contribution in [3.8, 4) is 0 Å². The molecule has 2 aromatic carbocycles.